The maximum absolute atomic E-state index is 13.8. The second kappa shape index (κ2) is 12.2. The summed E-state index contributed by atoms with van der Waals surface area (Å²) in [4.78, 5) is 35.5. The van der Waals surface area contributed by atoms with Gasteiger partial charge < -0.3 is 14.4 Å². The van der Waals surface area contributed by atoms with Crippen LogP contribution < -0.4 is 4.90 Å². The van der Waals surface area contributed by atoms with Gasteiger partial charge >= 0.3 is 0 Å². The van der Waals surface area contributed by atoms with E-state index >= 15 is 0 Å². The van der Waals surface area contributed by atoms with Gasteiger partial charge in [0.05, 0.1) is 17.4 Å². The Morgan fingerprint density at radius 3 is 2.50 bits per heavy atom. The number of anilines is 1. The van der Waals surface area contributed by atoms with Crippen LogP contribution in [0.3, 0.4) is 0 Å². The lowest BCUT2D eigenvalue weighted by Gasteiger charge is -2.30. The van der Waals surface area contributed by atoms with Gasteiger partial charge in [-0.15, -0.1) is 0 Å². The second-order valence-corrected chi connectivity index (χ2v) is 10.4. The maximum Gasteiger partial charge on any atom is 0.254 e. The first-order valence-corrected chi connectivity index (χ1v) is 13.6. The molecule has 1 aliphatic rings. The van der Waals surface area contributed by atoms with E-state index in [1.807, 2.05) is 52.5 Å². The van der Waals surface area contributed by atoms with Gasteiger partial charge in [0.1, 0.15) is 0 Å². The molecule has 0 bridgehead atoms. The number of carbonyl (C=O) groups is 2. The number of hydrogen-bond acceptors (Lipinski definition) is 3. The third-order valence-electron chi connectivity index (χ3n) is 6.96. The first-order valence-electron chi connectivity index (χ1n) is 13.6. The summed E-state index contributed by atoms with van der Waals surface area (Å²) in [6.45, 7) is 9.16. The van der Waals surface area contributed by atoms with Crippen molar-refractivity contribution in [3.05, 3.63) is 59.9 Å². The predicted octanol–water partition coefficient (Wildman–Crippen LogP) is 6.43. The number of carbonyl (C=O) groups excluding carboxylic acids is 2. The summed E-state index contributed by atoms with van der Waals surface area (Å²) in [5, 5.41) is 0. The van der Waals surface area contributed by atoms with Crippen molar-refractivity contribution in [3.63, 3.8) is 0 Å². The van der Waals surface area contributed by atoms with Gasteiger partial charge in [-0.25, -0.2) is 4.98 Å². The van der Waals surface area contributed by atoms with E-state index in [-0.39, 0.29) is 11.8 Å². The fourth-order valence-corrected chi connectivity index (χ4v) is 5.11. The van der Waals surface area contributed by atoms with E-state index in [1.165, 1.54) is 0 Å². The van der Waals surface area contributed by atoms with E-state index in [9.17, 15) is 9.59 Å². The number of hydrogen-bond donors (Lipinski definition) is 0. The molecule has 6 heteroatoms. The van der Waals surface area contributed by atoms with Gasteiger partial charge in [0.2, 0.25) is 5.91 Å². The molecule has 0 saturated carbocycles. The van der Waals surface area contributed by atoms with Crippen LogP contribution in [0.15, 0.2) is 48.8 Å². The minimum Gasteiger partial charge on any atom is -0.334 e. The van der Waals surface area contributed by atoms with Crippen LogP contribution in [0.1, 0.15) is 81.6 Å². The van der Waals surface area contributed by atoms with E-state index in [1.54, 1.807) is 0 Å². The summed E-state index contributed by atoms with van der Waals surface area (Å²) in [5.74, 6) is 0.495. The van der Waals surface area contributed by atoms with Crippen LogP contribution in [0.4, 0.5) is 5.69 Å². The van der Waals surface area contributed by atoms with Gasteiger partial charge in [-0.3, -0.25) is 9.59 Å². The summed E-state index contributed by atoms with van der Waals surface area (Å²) in [6, 6.07) is 14.0. The zero-order chi connectivity index (χ0) is 25.5. The molecule has 2 aromatic carbocycles. The molecule has 0 unspecified atom stereocenters. The maximum atomic E-state index is 13.8. The number of aromatic nitrogens is 2. The largest absolute Gasteiger partial charge is 0.334 e. The number of fused-ring (bicyclic) bond motifs is 2. The standard InChI is InChI=1S/C30H40N4O2/c1-4-16-33-22-31-26-20-24(14-15-28(26)33)30(36)32-17-10-6-5-7-11-18-34(29(35)19-23(2)3)27-13-9-8-12-25(27)21-32/h8-9,12-15,20,22-23H,4-7,10-11,16-19,21H2,1-3H3. The molecule has 0 fully saturated rings. The first kappa shape index (κ1) is 25.9. The van der Waals surface area contributed by atoms with Crippen molar-refractivity contribution < 1.29 is 9.59 Å². The van der Waals surface area contributed by atoms with Gasteiger partial charge in [0, 0.05) is 43.9 Å². The molecule has 0 saturated heterocycles. The van der Waals surface area contributed by atoms with Crippen molar-refractivity contribution in [2.75, 3.05) is 18.0 Å². The molecule has 0 atom stereocenters. The molecule has 192 valence electrons. The van der Waals surface area contributed by atoms with Crippen LogP contribution >= 0.6 is 0 Å². The Labute approximate surface area is 215 Å². The molecule has 1 aliphatic heterocycles. The number of aryl methyl sites for hydroxylation is 1. The molecule has 0 radical (unpaired) electrons. The van der Waals surface area contributed by atoms with Gasteiger partial charge in [-0.05, 0) is 55.0 Å². The topological polar surface area (TPSA) is 58.4 Å². The van der Waals surface area contributed by atoms with Crippen LogP contribution in [0.2, 0.25) is 0 Å². The summed E-state index contributed by atoms with van der Waals surface area (Å²) in [7, 11) is 0. The molecule has 0 aliphatic carbocycles. The van der Waals surface area contributed by atoms with E-state index in [2.05, 4.69) is 36.4 Å². The molecule has 4 rings (SSSR count). The summed E-state index contributed by atoms with van der Waals surface area (Å²) >= 11 is 0. The molecule has 0 N–H and O–H groups in total. The zero-order valence-electron chi connectivity index (χ0n) is 22.1. The lowest BCUT2D eigenvalue weighted by Crippen LogP contribution is -2.36. The number of amides is 2. The number of benzene rings is 2. The predicted molar refractivity (Wildman–Crippen MR) is 146 cm³/mol. The van der Waals surface area contributed by atoms with Gasteiger partial charge in [-0.2, -0.15) is 0 Å². The highest BCUT2D eigenvalue weighted by atomic mass is 16.2. The summed E-state index contributed by atoms with van der Waals surface area (Å²) < 4.78 is 2.14. The zero-order valence-corrected chi connectivity index (χ0v) is 22.1. The molecular formula is C30H40N4O2. The van der Waals surface area contributed by atoms with Gasteiger partial charge in [0.15, 0.2) is 0 Å². The van der Waals surface area contributed by atoms with Crippen LogP contribution in [0.25, 0.3) is 11.0 Å². The number of para-hydroxylation sites is 1. The van der Waals surface area contributed by atoms with Gasteiger partial charge in [0.25, 0.3) is 5.91 Å². The van der Waals surface area contributed by atoms with Crippen LogP contribution in [-0.4, -0.2) is 39.4 Å². The molecular weight excluding hydrogens is 448 g/mol. The summed E-state index contributed by atoms with van der Waals surface area (Å²) in [5.41, 5.74) is 4.55. The van der Waals surface area contributed by atoms with Crippen molar-refractivity contribution in [1.29, 1.82) is 0 Å². The Balaban J connectivity index is 1.65. The number of rotatable bonds is 5. The van der Waals surface area contributed by atoms with E-state index in [4.69, 9.17) is 0 Å². The van der Waals surface area contributed by atoms with Crippen molar-refractivity contribution >= 4 is 28.5 Å². The molecule has 36 heavy (non-hydrogen) atoms. The number of imidazole rings is 1. The average molecular weight is 489 g/mol. The van der Waals surface area contributed by atoms with Crippen LogP contribution in [0, 0.1) is 5.92 Å². The fourth-order valence-electron chi connectivity index (χ4n) is 5.11. The quantitative estimate of drug-likeness (QED) is 0.416. The molecule has 2 heterocycles. The smallest absolute Gasteiger partial charge is 0.254 e. The SMILES string of the molecule is CCCn1cnc2cc(C(=O)N3CCCCCCCN(C(=O)CC(C)C)c4ccccc4C3)ccc21. The second-order valence-electron chi connectivity index (χ2n) is 10.4. The van der Waals surface area contributed by atoms with E-state index in [0.717, 1.165) is 73.9 Å². The summed E-state index contributed by atoms with van der Waals surface area (Å²) in [6.07, 6.45) is 8.72. The van der Waals surface area contributed by atoms with Crippen molar-refractivity contribution in [2.45, 2.75) is 78.8 Å². The number of nitrogens with zero attached hydrogens (tertiary/aromatic N) is 4. The van der Waals surface area contributed by atoms with Gasteiger partial charge in [-0.1, -0.05) is 58.2 Å². The van der Waals surface area contributed by atoms with E-state index in [0.29, 0.717) is 31.0 Å². The van der Waals surface area contributed by atoms with Crippen molar-refractivity contribution in [1.82, 2.24) is 14.5 Å². The molecule has 0 spiro atoms. The van der Waals surface area contributed by atoms with Crippen LogP contribution in [0.5, 0.6) is 0 Å². The lowest BCUT2D eigenvalue weighted by atomic mass is 10.0. The van der Waals surface area contributed by atoms with Crippen LogP contribution in [-0.2, 0) is 17.9 Å². The minimum atomic E-state index is 0.0221. The monoisotopic (exact) mass is 488 g/mol. The Bertz CT molecular complexity index is 1180. The Morgan fingerprint density at radius 1 is 0.972 bits per heavy atom. The molecule has 6 nitrogen and oxygen atoms in total. The van der Waals surface area contributed by atoms with Crippen molar-refractivity contribution in [2.24, 2.45) is 5.92 Å². The highest BCUT2D eigenvalue weighted by Gasteiger charge is 2.23. The average Bonchev–Trinajstić information content (AvgIpc) is 3.26. The Hall–Kier alpha value is -3.15. The Morgan fingerprint density at radius 2 is 1.72 bits per heavy atom. The molecule has 2 amide bonds. The Kier molecular flexibility index (Phi) is 8.79. The minimum absolute atomic E-state index is 0.0221. The lowest BCUT2D eigenvalue weighted by molar-refractivity contribution is -0.119. The fraction of sp³-hybridized carbons (Fsp3) is 0.500. The third-order valence-corrected chi connectivity index (χ3v) is 6.96. The molecule has 3 aromatic rings. The normalized spacial score (nSPS) is 15.4. The van der Waals surface area contributed by atoms with Crippen molar-refractivity contribution in [3.8, 4) is 0 Å². The highest BCUT2D eigenvalue weighted by Crippen LogP contribution is 2.27. The highest BCUT2D eigenvalue weighted by molar-refractivity contribution is 5.98. The first-order chi connectivity index (χ1) is 17.5. The molecule has 1 aromatic heterocycles. The third kappa shape index (κ3) is 6.15. The van der Waals surface area contributed by atoms with E-state index < -0.39 is 0 Å².